The summed E-state index contributed by atoms with van der Waals surface area (Å²) < 4.78 is 46.5. The lowest BCUT2D eigenvalue weighted by atomic mass is 10.3. The van der Waals surface area contributed by atoms with Gasteiger partial charge in [-0.25, -0.2) is 13.2 Å². The number of rotatable bonds is 6. The van der Waals surface area contributed by atoms with Crippen molar-refractivity contribution in [1.29, 1.82) is 0 Å². The lowest BCUT2D eigenvalue weighted by molar-refractivity contribution is 0.251. The molecule has 112 valence electrons. The van der Waals surface area contributed by atoms with Gasteiger partial charge in [0.05, 0.1) is 11.4 Å². The average molecular weight is 324 g/mol. The van der Waals surface area contributed by atoms with E-state index in [4.69, 9.17) is 0 Å². The monoisotopic (exact) mass is 324 g/mol. The van der Waals surface area contributed by atoms with Gasteiger partial charge < -0.3 is 10.6 Å². The number of anilines is 1. The number of carbonyl (C=O) groups is 1. The predicted octanol–water partition coefficient (Wildman–Crippen LogP) is 2.17. The van der Waals surface area contributed by atoms with E-state index in [-0.39, 0.29) is 22.9 Å². The van der Waals surface area contributed by atoms with E-state index in [2.05, 4.69) is 10.6 Å². The summed E-state index contributed by atoms with van der Waals surface area (Å²) in [5, 5.41) is 4.75. The van der Waals surface area contributed by atoms with Crippen LogP contribution < -0.4 is 10.6 Å². The molecule has 0 aliphatic rings. The highest BCUT2D eigenvalue weighted by Crippen LogP contribution is 2.31. The van der Waals surface area contributed by atoms with E-state index < -0.39 is 21.6 Å². The van der Waals surface area contributed by atoms with Crippen molar-refractivity contribution in [1.82, 2.24) is 5.32 Å². The number of thioether (sulfide) groups is 1. The van der Waals surface area contributed by atoms with E-state index in [0.717, 1.165) is 6.26 Å². The zero-order valence-electron chi connectivity index (χ0n) is 10.6. The summed E-state index contributed by atoms with van der Waals surface area (Å²) in [6.45, 7) is -0.0468. The average Bonchev–Trinajstić information content (AvgIpc) is 2.29. The molecular weight excluding hydrogens is 310 g/mol. The highest BCUT2D eigenvalue weighted by atomic mass is 32.2. The molecule has 0 unspecified atom stereocenters. The summed E-state index contributed by atoms with van der Waals surface area (Å²) >= 11 is 0.323. The van der Waals surface area contributed by atoms with Gasteiger partial charge in [-0.2, -0.15) is 8.78 Å². The molecule has 2 amide bonds. The lowest BCUT2D eigenvalue weighted by Crippen LogP contribution is -2.32. The van der Waals surface area contributed by atoms with Gasteiger partial charge >= 0.3 is 6.03 Å². The third-order valence-electron chi connectivity index (χ3n) is 2.11. The number of hydrogen-bond donors (Lipinski definition) is 2. The molecule has 0 fully saturated rings. The van der Waals surface area contributed by atoms with Crippen LogP contribution in [-0.2, 0) is 9.84 Å². The van der Waals surface area contributed by atoms with Crippen molar-refractivity contribution in [2.24, 2.45) is 0 Å². The number of urea groups is 1. The minimum atomic E-state index is -3.16. The summed E-state index contributed by atoms with van der Waals surface area (Å²) in [6, 6.07) is 5.49. The highest BCUT2D eigenvalue weighted by Gasteiger charge is 2.11. The molecule has 0 radical (unpaired) electrons. The van der Waals surface area contributed by atoms with Crippen LogP contribution in [0.2, 0.25) is 0 Å². The first-order valence-corrected chi connectivity index (χ1v) is 8.48. The van der Waals surface area contributed by atoms with Gasteiger partial charge in [0, 0.05) is 17.7 Å². The summed E-state index contributed by atoms with van der Waals surface area (Å²) in [5.74, 6) is -2.78. The number of nitrogens with one attached hydrogen (secondary N) is 2. The minimum Gasteiger partial charge on any atom is -0.337 e. The molecule has 0 saturated heterocycles. The van der Waals surface area contributed by atoms with Gasteiger partial charge in [-0.3, -0.25) is 0 Å². The molecule has 0 aromatic heterocycles. The molecule has 0 aliphatic heterocycles. The van der Waals surface area contributed by atoms with Crippen molar-refractivity contribution in [2.45, 2.75) is 10.7 Å². The first kappa shape index (κ1) is 16.7. The van der Waals surface area contributed by atoms with E-state index >= 15 is 0 Å². The van der Waals surface area contributed by atoms with Gasteiger partial charge in [0.15, 0.2) is 0 Å². The Hall–Kier alpha value is -1.35. The van der Waals surface area contributed by atoms with E-state index in [0.29, 0.717) is 11.8 Å². The number of sulfone groups is 1. The number of para-hydroxylation sites is 1. The second kappa shape index (κ2) is 7.44. The van der Waals surface area contributed by atoms with Crippen LogP contribution in [0.4, 0.5) is 19.3 Å². The first-order valence-electron chi connectivity index (χ1n) is 5.54. The molecule has 0 aliphatic carbocycles. The molecule has 0 atom stereocenters. The lowest BCUT2D eigenvalue weighted by Gasteiger charge is -2.11. The Bertz CT molecular complexity index is 565. The second-order valence-electron chi connectivity index (χ2n) is 3.89. The normalized spacial score (nSPS) is 11.4. The van der Waals surface area contributed by atoms with Crippen LogP contribution in [0.15, 0.2) is 29.2 Å². The van der Waals surface area contributed by atoms with Crippen LogP contribution >= 0.6 is 11.8 Å². The molecular formula is C11H14F2N2O3S2. The van der Waals surface area contributed by atoms with Crippen molar-refractivity contribution in [3.63, 3.8) is 0 Å². The molecule has 1 rings (SSSR count). The molecule has 20 heavy (non-hydrogen) atoms. The number of halogens is 2. The Morgan fingerprint density at radius 3 is 2.60 bits per heavy atom. The van der Waals surface area contributed by atoms with E-state index in [9.17, 15) is 22.0 Å². The van der Waals surface area contributed by atoms with Gasteiger partial charge in [-0.15, -0.1) is 0 Å². The van der Waals surface area contributed by atoms with E-state index in [1.165, 1.54) is 12.1 Å². The van der Waals surface area contributed by atoms with Crippen LogP contribution in [0.1, 0.15) is 0 Å². The van der Waals surface area contributed by atoms with Crippen molar-refractivity contribution >= 4 is 33.3 Å². The molecule has 1 aromatic rings. The fourth-order valence-corrected chi connectivity index (χ4v) is 2.35. The maximum atomic E-state index is 12.3. The van der Waals surface area contributed by atoms with Crippen LogP contribution in [0.25, 0.3) is 0 Å². The third kappa shape index (κ3) is 6.71. The number of hydrogen-bond acceptors (Lipinski definition) is 4. The van der Waals surface area contributed by atoms with E-state index in [1.54, 1.807) is 12.1 Å². The standard InChI is InChI=1S/C11H14F2N2O3S2/c1-20(17,18)7-6-14-11(16)15-8-4-2-3-5-9(8)19-10(12)13/h2-5,10H,6-7H2,1H3,(H2,14,15,16). The largest absolute Gasteiger partial charge is 0.337 e. The van der Waals surface area contributed by atoms with Crippen molar-refractivity contribution in [2.75, 3.05) is 23.9 Å². The van der Waals surface area contributed by atoms with Crippen LogP contribution in [-0.4, -0.2) is 38.8 Å². The van der Waals surface area contributed by atoms with Gasteiger partial charge in [-0.1, -0.05) is 23.9 Å². The minimum absolute atomic E-state index is 0.0468. The number of amides is 2. The van der Waals surface area contributed by atoms with Crippen LogP contribution in [0, 0.1) is 0 Å². The molecule has 9 heteroatoms. The fourth-order valence-electron chi connectivity index (χ4n) is 1.29. The summed E-state index contributed by atoms with van der Waals surface area (Å²) in [5.41, 5.74) is 0.245. The van der Waals surface area contributed by atoms with Crippen LogP contribution in [0.5, 0.6) is 0 Å². The number of benzene rings is 1. The van der Waals surface area contributed by atoms with E-state index in [1.807, 2.05) is 0 Å². The molecule has 0 heterocycles. The second-order valence-corrected chi connectivity index (χ2v) is 7.18. The van der Waals surface area contributed by atoms with Gasteiger partial charge in [0.2, 0.25) is 0 Å². The Balaban J connectivity index is 2.57. The summed E-state index contributed by atoms with van der Waals surface area (Å²) in [6.07, 6.45) is 1.06. The van der Waals surface area contributed by atoms with Crippen LogP contribution in [0.3, 0.4) is 0 Å². The quantitative estimate of drug-likeness (QED) is 0.787. The molecule has 0 bridgehead atoms. The Morgan fingerprint density at radius 1 is 1.35 bits per heavy atom. The Kier molecular flexibility index (Phi) is 6.21. The zero-order chi connectivity index (χ0) is 15.2. The maximum Gasteiger partial charge on any atom is 0.319 e. The first-order chi connectivity index (χ1) is 9.28. The number of alkyl halides is 2. The van der Waals surface area contributed by atoms with Crippen molar-refractivity contribution in [3.05, 3.63) is 24.3 Å². The molecule has 0 spiro atoms. The smallest absolute Gasteiger partial charge is 0.319 e. The Morgan fingerprint density at radius 2 is 2.00 bits per heavy atom. The maximum absolute atomic E-state index is 12.3. The molecule has 0 saturated carbocycles. The molecule has 2 N–H and O–H groups in total. The molecule has 1 aromatic carbocycles. The SMILES string of the molecule is CS(=O)(=O)CCNC(=O)Nc1ccccc1SC(F)F. The number of carbonyl (C=O) groups excluding carboxylic acids is 1. The summed E-state index contributed by atoms with van der Waals surface area (Å²) in [7, 11) is -3.16. The van der Waals surface area contributed by atoms with Gasteiger partial charge in [-0.05, 0) is 12.1 Å². The third-order valence-corrected chi connectivity index (χ3v) is 3.84. The molecule has 5 nitrogen and oxygen atoms in total. The summed E-state index contributed by atoms with van der Waals surface area (Å²) in [4.78, 5) is 11.8. The van der Waals surface area contributed by atoms with Gasteiger partial charge in [0.25, 0.3) is 5.76 Å². The van der Waals surface area contributed by atoms with Gasteiger partial charge in [0.1, 0.15) is 9.84 Å². The van der Waals surface area contributed by atoms with Crippen molar-refractivity contribution < 1.29 is 22.0 Å². The highest BCUT2D eigenvalue weighted by molar-refractivity contribution is 7.99. The predicted molar refractivity (Wildman–Crippen MR) is 75.0 cm³/mol. The Labute approximate surface area is 120 Å². The fraction of sp³-hybridized carbons (Fsp3) is 0.364. The topological polar surface area (TPSA) is 75.3 Å². The zero-order valence-corrected chi connectivity index (χ0v) is 12.2. The van der Waals surface area contributed by atoms with Crippen molar-refractivity contribution in [3.8, 4) is 0 Å².